The first-order valence-corrected chi connectivity index (χ1v) is 15.9. The van der Waals surface area contributed by atoms with Gasteiger partial charge in [-0.3, -0.25) is 4.79 Å². The minimum absolute atomic E-state index is 0.0832. The fourth-order valence-electron chi connectivity index (χ4n) is 5.30. The van der Waals surface area contributed by atoms with Gasteiger partial charge in [0.15, 0.2) is 5.54 Å². The summed E-state index contributed by atoms with van der Waals surface area (Å²) in [5.74, 6) is -0.263. The molecule has 0 unspecified atom stereocenters. The van der Waals surface area contributed by atoms with Crippen LogP contribution in [0.25, 0.3) is 22.8 Å². The normalized spacial score (nSPS) is 15.3. The Morgan fingerprint density at radius 1 is 1.16 bits per heavy atom. The molecule has 4 N–H and O–H groups in total. The number of nitrogens with zero attached hydrogens (tertiary/aromatic N) is 4. The monoisotopic (exact) mass is 676 g/mol. The van der Waals surface area contributed by atoms with Crippen molar-refractivity contribution < 1.29 is 38.2 Å². The van der Waals surface area contributed by atoms with Crippen LogP contribution in [0.2, 0.25) is 0 Å². The predicted molar refractivity (Wildman–Crippen MR) is 178 cm³/mol. The highest BCUT2D eigenvalue weighted by Gasteiger charge is 2.41. The van der Waals surface area contributed by atoms with E-state index in [1.165, 1.54) is 13.8 Å². The Hall–Kier alpha value is -5.00. The number of aromatic nitrogens is 2. The van der Waals surface area contributed by atoms with Crippen LogP contribution in [-0.2, 0) is 32.0 Å². The number of aliphatic hydroxyl groups is 1. The molecule has 0 radical (unpaired) electrons. The van der Waals surface area contributed by atoms with Crippen LogP contribution in [0.3, 0.4) is 0 Å². The molecule has 1 aromatic heterocycles. The smallest absolute Gasteiger partial charge is 0.408 e. The van der Waals surface area contributed by atoms with E-state index in [4.69, 9.17) is 24.5 Å². The third-order valence-electron chi connectivity index (χ3n) is 7.89. The maximum atomic E-state index is 13.5. The van der Waals surface area contributed by atoms with E-state index in [1.54, 1.807) is 43.9 Å². The summed E-state index contributed by atoms with van der Waals surface area (Å²) in [5, 5.41) is 26.0. The fourth-order valence-corrected chi connectivity index (χ4v) is 5.30. The Morgan fingerprint density at radius 2 is 1.88 bits per heavy atom. The summed E-state index contributed by atoms with van der Waals surface area (Å²) >= 11 is 0. The van der Waals surface area contributed by atoms with Gasteiger partial charge >= 0.3 is 12.1 Å². The van der Waals surface area contributed by atoms with Crippen LogP contribution in [0.15, 0.2) is 34.9 Å². The molecule has 1 aliphatic heterocycles. The molecule has 262 valence electrons. The van der Waals surface area contributed by atoms with Crippen molar-refractivity contribution in [1.82, 2.24) is 20.4 Å². The molecule has 0 bridgehead atoms. The zero-order valence-corrected chi connectivity index (χ0v) is 29.2. The lowest BCUT2D eigenvalue weighted by Gasteiger charge is -2.36. The van der Waals surface area contributed by atoms with Crippen molar-refractivity contribution in [2.45, 2.75) is 91.1 Å². The number of ether oxygens (including phenoxy) is 3. The molecule has 0 saturated carbocycles. The minimum Gasteiger partial charge on any atom is -0.490 e. The third-order valence-corrected chi connectivity index (χ3v) is 7.89. The average Bonchev–Trinajstić information content (AvgIpc) is 3.52. The highest BCUT2D eigenvalue weighted by Crippen LogP contribution is 2.33. The maximum Gasteiger partial charge on any atom is 0.408 e. The number of hydrogen-bond donors (Lipinski definition) is 3. The Bertz CT molecular complexity index is 1770. The number of carbonyl (C=O) groups is 3. The third kappa shape index (κ3) is 8.54. The van der Waals surface area contributed by atoms with Crippen molar-refractivity contribution in [3.8, 4) is 34.7 Å². The Morgan fingerprint density at radius 3 is 2.51 bits per heavy atom. The summed E-state index contributed by atoms with van der Waals surface area (Å²) < 4.78 is 21.8. The first kappa shape index (κ1) is 36.8. The van der Waals surface area contributed by atoms with Gasteiger partial charge < -0.3 is 39.8 Å². The van der Waals surface area contributed by atoms with Crippen molar-refractivity contribution >= 4 is 18.0 Å². The number of esters is 1. The standard InChI is InChI=1S/C35H44N6O8/c1-20(2)47-27-12-10-22(15-24(27)16-36)29-38-28(40-49-29)26-11-9-23-17-41(14-13-25(23)21(26)3)30(43)34(7,37)19-46-31(44)35(8,18-42)39-32(45)48-33(4,5)6/h9-12,15,20,42H,13-14,17-19,37H2,1-8H3,(H,39,45)/t34-,35-/m1/s1. The van der Waals surface area contributed by atoms with Crippen molar-refractivity contribution in [1.29, 1.82) is 5.26 Å². The molecule has 1 aliphatic rings. The number of aliphatic hydroxyl groups excluding tert-OH is 1. The lowest BCUT2D eigenvalue weighted by Crippen LogP contribution is -2.60. The predicted octanol–water partition coefficient (Wildman–Crippen LogP) is 3.79. The summed E-state index contributed by atoms with van der Waals surface area (Å²) in [7, 11) is 0. The van der Waals surface area contributed by atoms with Gasteiger partial charge in [-0.15, -0.1) is 0 Å². The molecule has 14 heteroatoms. The van der Waals surface area contributed by atoms with Crippen LogP contribution >= 0.6 is 0 Å². The number of rotatable bonds is 10. The summed E-state index contributed by atoms with van der Waals surface area (Å²) in [5.41, 5.74) is 6.78. The van der Waals surface area contributed by atoms with Gasteiger partial charge in [-0.05, 0) is 96.7 Å². The van der Waals surface area contributed by atoms with Crippen molar-refractivity contribution in [2.24, 2.45) is 5.73 Å². The first-order chi connectivity index (χ1) is 22.9. The quantitative estimate of drug-likeness (QED) is 0.263. The number of alkyl carbamates (subject to hydrolysis) is 1. The number of nitrogens with two attached hydrogens (primary N) is 1. The van der Waals surface area contributed by atoms with Crippen LogP contribution in [0.5, 0.6) is 5.75 Å². The number of carbonyl (C=O) groups excluding carboxylic acids is 3. The summed E-state index contributed by atoms with van der Waals surface area (Å²) in [6.45, 7) is 12.9. The average molecular weight is 677 g/mol. The van der Waals surface area contributed by atoms with Crippen molar-refractivity contribution in [3.63, 3.8) is 0 Å². The summed E-state index contributed by atoms with van der Waals surface area (Å²) in [6, 6.07) is 11.0. The lowest BCUT2D eigenvalue weighted by atomic mass is 9.90. The highest BCUT2D eigenvalue weighted by atomic mass is 16.6. The molecule has 2 amide bonds. The lowest BCUT2D eigenvalue weighted by molar-refractivity contribution is -0.157. The fraction of sp³-hybridized carbons (Fsp3) is 0.486. The van der Waals surface area contributed by atoms with Crippen LogP contribution in [0, 0.1) is 18.3 Å². The molecule has 2 aromatic carbocycles. The topological polar surface area (TPSA) is 203 Å². The number of nitriles is 1. The van der Waals surface area contributed by atoms with E-state index in [2.05, 4.69) is 21.5 Å². The highest BCUT2D eigenvalue weighted by molar-refractivity contribution is 5.88. The van der Waals surface area contributed by atoms with E-state index < -0.39 is 47.9 Å². The van der Waals surface area contributed by atoms with Crippen LogP contribution in [0.4, 0.5) is 4.79 Å². The SMILES string of the molecule is Cc1c(-c2noc(-c3ccc(OC(C)C)c(C#N)c3)n2)ccc2c1CCN(C(=O)[C@](C)(N)COC(=O)[C@@](C)(CO)NC(=O)OC(C)(C)C)C2. The van der Waals surface area contributed by atoms with E-state index in [0.29, 0.717) is 35.7 Å². The van der Waals surface area contributed by atoms with Crippen LogP contribution < -0.4 is 15.8 Å². The number of amides is 2. The van der Waals surface area contributed by atoms with Gasteiger partial charge in [-0.1, -0.05) is 17.3 Å². The number of hydrogen-bond acceptors (Lipinski definition) is 12. The zero-order valence-electron chi connectivity index (χ0n) is 29.2. The molecule has 2 heterocycles. The van der Waals surface area contributed by atoms with Gasteiger partial charge in [-0.2, -0.15) is 10.2 Å². The molecule has 0 saturated heterocycles. The van der Waals surface area contributed by atoms with Gasteiger partial charge in [0.1, 0.15) is 29.6 Å². The molecular weight excluding hydrogens is 632 g/mol. The molecule has 49 heavy (non-hydrogen) atoms. The Labute approximate surface area is 285 Å². The van der Waals surface area contributed by atoms with E-state index >= 15 is 0 Å². The second-order valence-electron chi connectivity index (χ2n) is 13.9. The van der Waals surface area contributed by atoms with E-state index in [9.17, 15) is 24.8 Å². The minimum atomic E-state index is -1.81. The van der Waals surface area contributed by atoms with Gasteiger partial charge in [0, 0.05) is 24.2 Å². The van der Waals surface area contributed by atoms with Gasteiger partial charge in [0.05, 0.1) is 18.3 Å². The maximum absolute atomic E-state index is 13.5. The second kappa shape index (κ2) is 14.2. The van der Waals surface area contributed by atoms with Gasteiger partial charge in [-0.25, -0.2) is 9.59 Å². The van der Waals surface area contributed by atoms with E-state index in [-0.39, 0.29) is 18.5 Å². The van der Waals surface area contributed by atoms with E-state index in [0.717, 1.165) is 22.3 Å². The Kier molecular flexibility index (Phi) is 10.7. The molecule has 0 fully saturated rings. The van der Waals surface area contributed by atoms with Crippen molar-refractivity contribution in [2.75, 3.05) is 19.8 Å². The van der Waals surface area contributed by atoms with Crippen LogP contribution in [0.1, 0.15) is 70.7 Å². The number of benzene rings is 2. The summed E-state index contributed by atoms with van der Waals surface area (Å²) in [6.07, 6.45) is -0.457. The molecule has 0 spiro atoms. The van der Waals surface area contributed by atoms with Crippen LogP contribution in [-0.4, -0.2) is 80.7 Å². The van der Waals surface area contributed by atoms with Gasteiger partial charge in [0.2, 0.25) is 11.7 Å². The molecular formula is C35H44N6O8. The second-order valence-corrected chi connectivity index (χ2v) is 13.9. The molecule has 0 aliphatic carbocycles. The molecule has 4 rings (SSSR count). The van der Waals surface area contributed by atoms with Gasteiger partial charge in [0.25, 0.3) is 5.89 Å². The summed E-state index contributed by atoms with van der Waals surface area (Å²) in [4.78, 5) is 44.9. The van der Waals surface area contributed by atoms with Crippen molar-refractivity contribution in [3.05, 3.63) is 52.6 Å². The zero-order chi connectivity index (χ0) is 36.3. The van der Waals surface area contributed by atoms with E-state index in [1.807, 2.05) is 32.9 Å². The largest absolute Gasteiger partial charge is 0.490 e. The Balaban J connectivity index is 1.43. The number of nitrogens with one attached hydrogen (secondary N) is 1. The molecule has 14 nitrogen and oxygen atoms in total. The molecule has 2 atom stereocenters. The molecule has 3 aromatic rings. The first-order valence-electron chi connectivity index (χ1n) is 15.9. The number of fused-ring (bicyclic) bond motifs is 1.